The lowest BCUT2D eigenvalue weighted by atomic mass is 9.68. The van der Waals surface area contributed by atoms with E-state index in [1.54, 1.807) is 12.1 Å². The molecule has 1 N–H and O–H groups in total. The molecule has 1 aliphatic heterocycles. The number of allylic oxidation sites excluding steroid dienone is 2. The molecule has 120 valence electrons. The average Bonchev–Trinajstić information content (AvgIpc) is 2.56. The Balaban J connectivity index is 2.26. The summed E-state index contributed by atoms with van der Waals surface area (Å²) in [5.41, 5.74) is 0.0880. The smallest absolute Gasteiger partial charge is 0.127 e. The fourth-order valence-corrected chi connectivity index (χ4v) is 3.67. The molecule has 2 atom stereocenters. The highest BCUT2D eigenvalue weighted by atomic mass is 16.5. The molecule has 2 unspecified atom stereocenters. The van der Waals surface area contributed by atoms with Gasteiger partial charge in [0, 0.05) is 25.6 Å². The van der Waals surface area contributed by atoms with Gasteiger partial charge in [-0.05, 0) is 64.0 Å². The van der Waals surface area contributed by atoms with Crippen molar-refractivity contribution in [3.05, 3.63) is 34.9 Å². The van der Waals surface area contributed by atoms with Crippen LogP contribution in [-0.4, -0.2) is 10.7 Å². The van der Waals surface area contributed by atoms with Gasteiger partial charge in [-0.3, -0.25) is 0 Å². The summed E-state index contributed by atoms with van der Waals surface area (Å²) in [4.78, 5) is 0. The Morgan fingerprint density at radius 2 is 2.23 bits per heavy atom. The van der Waals surface area contributed by atoms with E-state index in [9.17, 15) is 5.11 Å². The molecule has 2 aliphatic rings. The van der Waals surface area contributed by atoms with E-state index in [0.29, 0.717) is 24.8 Å². The molecular formula is C20H28O2. The molecule has 2 heteroatoms. The second-order valence-corrected chi connectivity index (χ2v) is 6.65. The first-order chi connectivity index (χ1) is 12.9. The Labute approximate surface area is 142 Å². The fourth-order valence-electron chi connectivity index (χ4n) is 3.67. The number of unbranched alkanes of at least 4 members (excludes halogenated alkanes) is 1. The summed E-state index contributed by atoms with van der Waals surface area (Å²) in [5, 5.41) is 10.7. The third-order valence-corrected chi connectivity index (χ3v) is 4.87. The van der Waals surface area contributed by atoms with Crippen molar-refractivity contribution in [2.45, 2.75) is 71.2 Å². The van der Waals surface area contributed by atoms with Crippen LogP contribution in [-0.2, 0) is 6.42 Å². The highest BCUT2D eigenvalue weighted by molar-refractivity contribution is 5.53. The van der Waals surface area contributed by atoms with Gasteiger partial charge in [0.1, 0.15) is 17.1 Å². The number of hydrogen-bond donors (Lipinski definition) is 1. The quantitative estimate of drug-likeness (QED) is 0.763. The summed E-state index contributed by atoms with van der Waals surface area (Å²) in [7, 11) is 0. The maximum Gasteiger partial charge on any atom is 0.127 e. The lowest BCUT2D eigenvalue weighted by molar-refractivity contribution is 0.0107. The van der Waals surface area contributed by atoms with Crippen LogP contribution in [0.3, 0.4) is 0 Å². The number of benzene rings is 1. The molecular weight excluding hydrogens is 272 g/mol. The molecule has 1 heterocycles. The Hall–Kier alpha value is -1.44. The second kappa shape index (κ2) is 5.64. The summed E-state index contributed by atoms with van der Waals surface area (Å²) < 4.78 is 54.7. The number of phenolic OH excluding ortho intramolecular Hbond substituents is 1. The van der Waals surface area contributed by atoms with Gasteiger partial charge < -0.3 is 9.84 Å². The van der Waals surface area contributed by atoms with Crippen molar-refractivity contribution in [1.29, 1.82) is 0 Å². The third-order valence-electron chi connectivity index (χ3n) is 4.87. The summed E-state index contributed by atoms with van der Waals surface area (Å²) in [5.74, 6) is -1.03. The number of rotatable bonds is 3. The lowest BCUT2D eigenvalue weighted by Gasteiger charge is -2.46. The molecule has 2 nitrogen and oxygen atoms in total. The summed E-state index contributed by atoms with van der Waals surface area (Å²) in [6.45, 7) is -1.67. The first kappa shape index (κ1) is 9.64. The van der Waals surface area contributed by atoms with Crippen LogP contribution in [0.15, 0.2) is 23.8 Å². The minimum atomic E-state index is -2.84. The average molecular weight is 306 g/mol. The van der Waals surface area contributed by atoms with Gasteiger partial charge in [0.05, 0.1) is 0 Å². The maximum absolute atomic E-state index is 10.7. The summed E-state index contributed by atoms with van der Waals surface area (Å²) in [6, 6.07) is 3.41. The number of phenols is 1. The highest BCUT2D eigenvalue weighted by Gasteiger charge is 2.45. The van der Waals surface area contributed by atoms with Gasteiger partial charge in [0.2, 0.25) is 0 Å². The maximum atomic E-state index is 10.7. The largest absolute Gasteiger partial charge is 0.507 e. The van der Waals surface area contributed by atoms with Gasteiger partial charge in [0.15, 0.2) is 0 Å². The minimum absolute atomic E-state index is 0.0502. The molecule has 0 saturated carbocycles. The van der Waals surface area contributed by atoms with E-state index in [-0.39, 0.29) is 11.5 Å². The third kappa shape index (κ3) is 2.64. The predicted octanol–water partition coefficient (Wildman–Crippen LogP) is 5.35. The van der Waals surface area contributed by atoms with E-state index < -0.39 is 31.1 Å². The van der Waals surface area contributed by atoms with Gasteiger partial charge >= 0.3 is 0 Å². The Bertz CT molecular complexity index is 764. The first-order valence-electron chi connectivity index (χ1n) is 11.1. The van der Waals surface area contributed by atoms with Crippen molar-refractivity contribution in [2.24, 2.45) is 5.92 Å². The van der Waals surface area contributed by atoms with Crippen LogP contribution >= 0.6 is 0 Å². The van der Waals surface area contributed by atoms with E-state index in [2.05, 4.69) is 6.92 Å². The Kier molecular flexibility index (Phi) is 2.47. The van der Waals surface area contributed by atoms with Crippen molar-refractivity contribution in [1.82, 2.24) is 0 Å². The molecule has 0 radical (unpaired) electrons. The summed E-state index contributed by atoms with van der Waals surface area (Å²) in [6.07, 6.45) is 5.50. The van der Waals surface area contributed by atoms with Crippen molar-refractivity contribution in [3.8, 4) is 11.5 Å². The topological polar surface area (TPSA) is 29.5 Å². The van der Waals surface area contributed by atoms with Crippen LogP contribution in [0.25, 0.3) is 0 Å². The number of hydrogen-bond acceptors (Lipinski definition) is 2. The Morgan fingerprint density at radius 1 is 1.41 bits per heavy atom. The highest BCUT2D eigenvalue weighted by Crippen LogP contribution is 2.53. The van der Waals surface area contributed by atoms with E-state index >= 15 is 0 Å². The molecule has 1 aromatic rings. The molecule has 0 aromatic heterocycles. The monoisotopic (exact) mass is 306 g/mol. The zero-order chi connectivity index (χ0) is 20.9. The van der Waals surface area contributed by atoms with Gasteiger partial charge in [-0.15, -0.1) is 0 Å². The lowest BCUT2D eigenvalue weighted by Crippen LogP contribution is -2.45. The predicted molar refractivity (Wildman–Crippen MR) is 90.6 cm³/mol. The zero-order valence-electron chi connectivity index (χ0n) is 19.3. The normalized spacial score (nSPS) is 30.9. The number of fused-ring (bicyclic) bond motifs is 3. The van der Waals surface area contributed by atoms with E-state index in [1.165, 1.54) is 0 Å². The summed E-state index contributed by atoms with van der Waals surface area (Å²) >= 11 is 0. The van der Waals surface area contributed by atoms with Crippen LogP contribution in [0.2, 0.25) is 0 Å². The van der Waals surface area contributed by atoms with Gasteiger partial charge in [-0.25, -0.2) is 0 Å². The molecule has 22 heavy (non-hydrogen) atoms. The van der Waals surface area contributed by atoms with Crippen LogP contribution in [0.5, 0.6) is 11.5 Å². The molecule has 0 saturated heterocycles. The second-order valence-electron chi connectivity index (χ2n) is 6.65. The first-order valence-corrected chi connectivity index (χ1v) is 8.14. The van der Waals surface area contributed by atoms with E-state index in [4.69, 9.17) is 13.0 Å². The number of aryl methyl sites for hydroxylation is 1. The number of ether oxygens (including phenoxy) is 1. The van der Waals surface area contributed by atoms with Crippen LogP contribution in [0, 0.1) is 5.92 Å². The SMILES string of the molecule is [2H]C([2H])([2H])C1(C([2H])([2H])[2H])Oc2cc(CCCC)cc(O)c2C2C=C(C)CCC21. The van der Waals surface area contributed by atoms with Crippen LogP contribution in [0.1, 0.15) is 78.5 Å². The van der Waals surface area contributed by atoms with Crippen molar-refractivity contribution >= 4 is 0 Å². The van der Waals surface area contributed by atoms with E-state index in [0.717, 1.165) is 24.0 Å². The van der Waals surface area contributed by atoms with Gasteiger partial charge in [0.25, 0.3) is 0 Å². The molecule has 0 fully saturated rings. The standard InChI is InChI=1S/C20H28O2/c1-5-6-7-14-11-17(21)19-15-10-13(2)8-9-16(15)20(3,4)22-18(19)12-14/h10-12,15-16,21H,5-9H2,1-4H3/i3D3,4D3. The van der Waals surface area contributed by atoms with E-state index in [1.807, 2.05) is 13.0 Å². The molecule has 1 aromatic carbocycles. The van der Waals surface area contributed by atoms with Crippen LogP contribution < -0.4 is 4.74 Å². The zero-order valence-corrected chi connectivity index (χ0v) is 13.3. The minimum Gasteiger partial charge on any atom is -0.507 e. The molecule has 1 aliphatic carbocycles. The molecule has 0 spiro atoms. The fraction of sp³-hybridized carbons (Fsp3) is 0.600. The molecule has 0 amide bonds. The van der Waals surface area contributed by atoms with Crippen LogP contribution in [0.4, 0.5) is 0 Å². The molecule has 0 bridgehead atoms. The van der Waals surface area contributed by atoms with Gasteiger partial charge in [-0.1, -0.05) is 25.0 Å². The van der Waals surface area contributed by atoms with Crippen molar-refractivity contribution in [2.75, 3.05) is 0 Å². The van der Waals surface area contributed by atoms with Crippen molar-refractivity contribution < 1.29 is 18.1 Å². The van der Waals surface area contributed by atoms with Gasteiger partial charge in [-0.2, -0.15) is 0 Å². The Morgan fingerprint density at radius 3 is 2.95 bits per heavy atom. The number of aromatic hydroxyl groups is 1. The molecule has 3 rings (SSSR count). The van der Waals surface area contributed by atoms with Crippen molar-refractivity contribution in [3.63, 3.8) is 0 Å².